The maximum Gasteiger partial charge on any atom is 0.219 e. The molecule has 0 atom stereocenters. The lowest BCUT2D eigenvalue weighted by molar-refractivity contribution is 0.442. The molecule has 0 aliphatic carbocycles. The minimum atomic E-state index is 0. The Bertz CT molecular complexity index is 1370. The zero-order chi connectivity index (χ0) is 22.1. The van der Waals surface area contributed by atoms with Crippen molar-refractivity contribution in [3.05, 3.63) is 113 Å². The maximum atomic E-state index is 11.0. The van der Waals surface area contributed by atoms with Gasteiger partial charge in [0, 0.05) is 24.6 Å². The standard InChI is InChI=1S/C27H23N3O2.8CH4/c1-18-7-9-20(10-8-18)16-24-27(32)30-17-25(21-11-13-22(31)14-12-21)28-23(26(30)29-24)15-19-5-3-2-4-6-19;;;;;;;;/h2-14,17,31-32H,15-16H2,1H3;8*1H4. The first-order chi connectivity index (χ1) is 15.6. The third-order valence-corrected chi connectivity index (χ3v) is 5.59. The lowest BCUT2D eigenvalue weighted by Gasteiger charge is -2.08. The van der Waals surface area contributed by atoms with Gasteiger partial charge in [0.2, 0.25) is 5.88 Å². The van der Waals surface area contributed by atoms with Crippen LogP contribution in [0.5, 0.6) is 11.6 Å². The smallest absolute Gasteiger partial charge is 0.219 e. The van der Waals surface area contributed by atoms with Crippen LogP contribution in [-0.4, -0.2) is 24.6 Å². The predicted octanol–water partition coefficient (Wildman–Crippen LogP) is 10.4. The highest BCUT2D eigenvalue weighted by atomic mass is 16.3. The number of aromatic nitrogens is 3. The topological polar surface area (TPSA) is 70.7 Å². The van der Waals surface area contributed by atoms with Crippen LogP contribution in [0.1, 0.15) is 87.5 Å². The van der Waals surface area contributed by atoms with Crippen LogP contribution in [0.25, 0.3) is 16.9 Å². The van der Waals surface area contributed by atoms with Crippen LogP contribution in [-0.2, 0) is 12.8 Å². The molecule has 3 aromatic carbocycles. The summed E-state index contributed by atoms with van der Waals surface area (Å²) in [5, 5.41) is 20.7. The Kier molecular flexibility index (Phi) is 19.6. The Hall–Kier alpha value is -4.12. The lowest BCUT2D eigenvalue weighted by atomic mass is 10.1. The Balaban J connectivity index is -0.000000810. The first-order valence-electron chi connectivity index (χ1n) is 10.6. The van der Waals surface area contributed by atoms with Crippen molar-refractivity contribution in [2.24, 2.45) is 0 Å². The van der Waals surface area contributed by atoms with Crippen LogP contribution in [0.3, 0.4) is 0 Å². The minimum Gasteiger partial charge on any atom is -0.508 e. The van der Waals surface area contributed by atoms with E-state index in [-0.39, 0.29) is 71.0 Å². The van der Waals surface area contributed by atoms with Crippen LogP contribution in [0.2, 0.25) is 0 Å². The first kappa shape index (κ1) is 43.0. The summed E-state index contributed by atoms with van der Waals surface area (Å²) in [6, 6.07) is 25.2. The molecule has 0 saturated heterocycles. The summed E-state index contributed by atoms with van der Waals surface area (Å²) in [6.45, 7) is 2.05. The molecule has 5 heteroatoms. The molecule has 5 nitrogen and oxygen atoms in total. The molecule has 0 fully saturated rings. The van der Waals surface area contributed by atoms with E-state index in [2.05, 4.69) is 43.3 Å². The van der Waals surface area contributed by atoms with Gasteiger partial charge in [-0.15, -0.1) is 0 Å². The van der Waals surface area contributed by atoms with Gasteiger partial charge >= 0.3 is 0 Å². The Morgan fingerprint density at radius 1 is 0.600 bits per heavy atom. The SMILES string of the molecule is C.C.C.C.C.C.C.C.Cc1ccc(Cc2nc3c(Cc4ccccc4)nc(-c4ccc(O)cc4)cn3c2O)cc1. The van der Waals surface area contributed by atoms with Gasteiger partial charge in [0.25, 0.3) is 0 Å². The third kappa shape index (κ3) is 8.98. The molecular formula is C35H55N3O2. The summed E-state index contributed by atoms with van der Waals surface area (Å²) < 4.78 is 1.72. The van der Waals surface area contributed by atoms with Crippen molar-refractivity contribution in [3.63, 3.8) is 0 Å². The molecule has 2 N–H and O–H groups in total. The largest absolute Gasteiger partial charge is 0.508 e. The number of aryl methyl sites for hydroxylation is 1. The third-order valence-electron chi connectivity index (χ3n) is 5.59. The molecule has 0 saturated carbocycles. The van der Waals surface area contributed by atoms with Gasteiger partial charge in [-0.1, -0.05) is 120 Å². The van der Waals surface area contributed by atoms with E-state index in [1.54, 1.807) is 22.7 Å². The van der Waals surface area contributed by atoms with Gasteiger partial charge in [-0.2, -0.15) is 0 Å². The quantitative estimate of drug-likeness (QED) is 0.229. The Morgan fingerprint density at radius 2 is 1.12 bits per heavy atom. The lowest BCUT2D eigenvalue weighted by Crippen LogP contribution is -2.00. The molecule has 0 aliphatic rings. The van der Waals surface area contributed by atoms with Crippen molar-refractivity contribution in [3.8, 4) is 22.9 Å². The first-order valence-corrected chi connectivity index (χ1v) is 10.6. The van der Waals surface area contributed by atoms with Gasteiger partial charge in [0.15, 0.2) is 5.65 Å². The number of aromatic hydroxyl groups is 2. The van der Waals surface area contributed by atoms with Gasteiger partial charge in [-0.25, -0.2) is 9.97 Å². The number of hydrogen-bond donors (Lipinski definition) is 2. The van der Waals surface area contributed by atoms with Crippen LogP contribution < -0.4 is 0 Å². The number of nitrogens with zero attached hydrogens (tertiary/aromatic N) is 3. The Labute approximate surface area is 245 Å². The van der Waals surface area contributed by atoms with E-state index in [4.69, 9.17) is 9.97 Å². The summed E-state index contributed by atoms with van der Waals surface area (Å²) >= 11 is 0. The maximum absolute atomic E-state index is 11.0. The van der Waals surface area contributed by atoms with Gasteiger partial charge in [0.05, 0.1) is 11.4 Å². The normalized spacial score (nSPS) is 8.93. The summed E-state index contributed by atoms with van der Waals surface area (Å²) in [5.74, 6) is 0.322. The second-order valence-electron chi connectivity index (χ2n) is 8.02. The van der Waals surface area contributed by atoms with Crippen molar-refractivity contribution >= 4 is 5.65 Å². The van der Waals surface area contributed by atoms with Crippen molar-refractivity contribution < 1.29 is 10.2 Å². The molecule has 2 aromatic heterocycles. The molecule has 5 rings (SSSR count). The molecule has 5 aromatic rings. The summed E-state index contributed by atoms with van der Waals surface area (Å²) in [5.41, 5.74) is 7.01. The van der Waals surface area contributed by atoms with Crippen LogP contribution in [0.15, 0.2) is 85.1 Å². The fourth-order valence-electron chi connectivity index (χ4n) is 3.84. The molecule has 2 heterocycles. The number of fused-ring (bicyclic) bond motifs is 1. The number of benzene rings is 3. The number of hydrogen-bond acceptors (Lipinski definition) is 4. The fourth-order valence-corrected chi connectivity index (χ4v) is 3.84. The highest BCUT2D eigenvalue weighted by Gasteiger charge is 2.18. The molecule has 0 radical (unpaired) electrons. The molecule has 0 bridgehead atoms. The highest BCUT2D eigenvalue weighted by Crippen LogP contribution is 2.29. The molecular weight excluding hydrogens is 494 g/mol. The van der Waals surface area contributed by atoms with Crippen molar-refractivity contribution in [1.29, 1.82) is 0 Å². The van der Waals surface area contributed by atoms with Gasteiger partial charge in [-0.05, 0) is 42.3 Å². The highest BCUT2D eigenvalue weighted by molar-refractivity contribution is 5.64. The van der Waals surface area contributed by atoms with Crippen molar-refractivity contribution in [1.82, 2.24) is 14.4 Å². The van der Waals surface area contributed by atoms with Crippen LogP contribution >= 0.6 is 0 Å². The number of phenols is 1. The van der Waals surface area contributed by atoms with Crippen LogP contribution in [0, 0.1) is 6.92 Å². The monoisotopic (exact) mass is 549 g/mol. The molecule has 0 unspecified atom stereocenters. The number of rotatable bonds is 5. The zero-order valence-corrected chi connectivity index (χ0v) is 17.7. The summed E-state index contributed by atoms with van der Waals surface area (Å²) in [4.78, 5) is 9.68. The molecule has 0 spiro atoms. The van der Waals surface area contributed by atoms with Gasteiger partial charge < -0.3 is 10.2 Å². The second-order valence-corrected chi connectivity index (χ2v) is 8.02. The van der Waals surface area contributed by atoms with Gasteiger partial charge in [-0.3, -0.25) is 4.40 Å². The van der Waals surface area contributed by atoms with E-state index in [1.807, 2.05) is 30.3 Å². The average Bonchev–Trinajstić information content (AvgIpc) is 3.12. The molecule has 222 valence electrons. The van der Waals surface area contributed by atoms with E-state index in [1.165, 1.54) is 5.56 Å². The minimum absolute atomic E-state index is 0. The zero-order valence-electron chi connectivity index (χ0n) is 17.7. The van der Waals surface area contributed by atoms with E-state index in [9.17, 15) is 10.2 Å². The van der Waals surface area contributed by atoms with E-state index in [0.717, 1.165) is 22.4 Å². The van der Waals surface area contributed by atoms with Crippen molar-refractivity contribution in [2.45, 2.75) is 79.2 Å². The second kappa shape index (κ2) is 18.2. The Morgan fingerprint density at radius 3 is 1.70 bits per heavy atom. The van der Waals surface area contributed by atoms with Crippen LogP contribution in [0.4, 0.5) is 0 Å². The molecule has 0 aliphatic heterocycles. The number of imidazole rings is 1. The van der Waals surface area contributed by atoms with E-state index < -0.39 is 0 Å². The average molecular weight is 550 g/mol. The van der Waals surface area contributed by atoms with E-state index >= 15 is 0 Å². The van der Waals surface area contributed by atoms with Crippen molar-refractivity contribution in [2.75, 3.05) is 0 Å². The molecule has 40 heavy (non-hydrogen) atoms. The van der Waals surface area contributed by atoms with E-state index in [0.29, 0.717) is 29.9 Å². The molecule has 0 amide bonds. The summed E-state index contributed by atoms with van der Waals surface area (Å²) in [7, 11) is 0. The fraction of sp³-hybridized carbons (Fsp3) is 0.314. The van der Waals surface area contributed by atoms with Gasteiger partial charge in [0.1, 0.15) is 11.4 Å². The number of phenolic OH excluding ortho intramolecular Hbond substituents is 1. The predicted molar refractivity (Wildman–Crippen MR) is 179 cm³/mol. The summed E-state index contributed by atoms with van der Waals surface area (Å²) in [6.07, 6.45) is 2.93.